The van der Waals surface area contributed by atoms with Crippen molar-refractivity contribution >= 4 is 11.6 Å². The van der Waals surface area contributed by atoms with Crippen LogP contribution in [0.25, 0.3) is 0 Å². The molecule has 0 aromatic heterocycles. The second kappa shape index (κ2) is 6.18. The van der Waals surface area contributed by atoms with Gasteiger partial charge in [0.1, 0.15) is 5.82 Å². The van der Waals surface area contributed by atoms with Gasteiger partial charge in [0.05, 0.1) is 11.6 Å². The number of nitrogens with one attached hydrogen (secondary N) is 1. The maximum Gasteiger partial charge on any atom is 0.142 e. The van der Waals surface area contributed by atoms with Gasteiger partial charge in [-0.3, -0.25) is 0 Å². The number of aliphatic hydroxyl groups is 1. The number of hydrogen-bond donors (Lipinski definition) is 2. The molecule has 1 atom stereocenters. The maximum absolute atomic E-state index is 13.1. The summed E-state index contributed by atoms with van der Waals surface area (Å²) in [5.74, 6) is -0.0941. The molecule has 0 saturated carbocycles. The standard InChI is InChI=1S/C12H17ClFNO/c1-8(2)11(7-16)15-6-9-4-3-5-10(14)12(9)13/h3-5,8,11,15-16H,6-7H2,1-2H3. The Hall–Kier alpha value is -0.640. The molecule has 1 unspecified atom stereocenters. The van der Waals surface area contributed by atoms with E-state index >= 15 is 0 Å². The molecule has 2 nitrogen and oxygen atoms in total. The highest BCUT2D eigenvalue weighted by Crippen LogP contribution is 2.19. The van der Waals surface area contributed by atoms with E-state index in [9.17, 15) is 4.39 Å². The third-order valence-corrected chi connectivity index (χ3v) is 3.01. The SMILES string of the molecule is CC(C)C(CO)NCc1cccc(F)c1Cl. The van der Waals surface area contributed by atoms with E-state index in [1.807, 2.05) is 13.8 Å². The van der Waals surface area contributed by atoms with Crippen LogP contribution in [0.3, 0.4) is 0 Å². The normalized spacial score (nSPS) is 13.1. The Bertz CT molecular complexity index is 344. The average molecular weight is 246 g/mol. The van der Waals surface area contributed by atoms with Crippen LogP contribution in [0.4, 0.5) is 4.39 Å². The highest BCUT2D eigenvalue weighted by atomic mass is 35.5. The van der Waals surface area contributed by atoms with Crippen molar-refractivity contribution in [2.45, 2.75) is 26.4 Å². The second-order valence-corrected chi connectivity index (χ2v) is 4.50. The molecule has 0 radical (unpaired) electrons. The van der Waals surface area contributed by atoms with Crippen LogP contribution >= 0.6 is 11.6 Å². The van der Waals surface area contributed by atoms with E-state index < -0.39 is 5.82 Å². The topological polar surface area (TPSA) is 32.3 Å². The monoisotopic (exact) mass is 245 g/mol. The molecular formula is C12H17ClFNO. The first-order chi connectivity index (χ1) is 7.56. The van der Waals surface area contributed by atoms with Crippen molar-refractivity contribution in [2.24, 2.45) is 5.92 Å². The van der Waals surface area contributed by atoms with Crippen LogP contribution in [0.5, 0.6) is 0 Å². The largest absolute Gasteiger partial charge is 0.395 e. The van der Waals surface area contributed by atoms with Gasteiger partial charge in [-0.25, -0.2) is 4.39 Å². The maximum atomic E-state index is 13.1. The fraction of sp³-hybridized carbons (Fsp3) is 0.500. The fourth-order valence-corrected chi connectivity index (χ4v) is 1.63. The van der Waals surface area contributed by atoms with Gasteiger partial charge in [0.25, 0.3) is 0 Å². The Labute approximate surface area is 100 Å². The Morgan fingerprint density at radius 2 is 2.12 bits per heavy atom. The minimum Gasteiger partial charge on any atom is -0.395 e. The van der Waals surface area contributed by atoms with Gasteiger partial charge >= 0.3 is 0 Å². The van der Waals surface area contributed by atoms with Crippen LogP contribution < -0.4 is 5.32 Å². The summed E-state index contributed by atoms with van der Waals surface area (Å²) in [5.41, 5.74) is 0.709. The summed E-state index contributed by atoms with van der Waals surface area (Å²) >= 11 is 5.82. The fourth-order valence-electron chi connectivity index (χ4n) is 1.44. The van der Waals surface area contributed by atoms with Crippen molar-refractivity contribution in [1.82, 2.24) is 5.32 Å². The lowest BCUT2D eigenvalue weighted by atomic mass is 10.1. The molecule has 0 amide bonds. The number of benzene rings is 1. The molecule has 1 aromatic carbocycles. The van der Waals surface area contributed by atoms with Gasteiger partial charge in [-0.05, 0) is 17.5 Å². The van der Waals surface area contributed by atoms with E-state index in [0.29, 0.717) is 18.0 Å². The molecule has 16 heavy (non-hydrogen) atoms. The lowest BCUT2D eigenvalue weighted by Gasteiger charge is -2.20. The molecule has 0 spiro atoms. The highest BCUT2D eigenvalue weighted by molar-refractivity contribution is 6.31. The Balaban J connectivity index is 2.64. The summed E-state index contributed by atoms with van der Waals surface area (Å²) in [5, 5.41) is 12.4. The third kappa shape index (κ3) is 3.44. The quantitative estimate of drug-likeness (QED) is 0.836. The van der Waals surface area contributed by atoms with Crippen molar-refractivity contribution in [2.75, 3.05) is 6.61 Å². The molecule has 0 saturated heterocycles. The zero-order valence-corrected chi connectivity index (χ0v) is 10.3. The summed E-state index contributed by atoms with van der Waals surface area (Å²) in [4.78, 5) is 0. The number of rotatable bonds is 5. The van der Waals surface area contributed by atoms with Crippen LogP contribution in [0.15, 0.2) is 18.2 Å². The van der Waals surface area contributed by atoms with Gasteiger partial charge in [0, 0.05) is 12.6 Å². The van der Waals surface area contributed by atoms with Crippen molar-refractivity contribution in [3.8, 4) is 0 Å². The summed E-state index contributed by atoms with van der Waals surface area (Å²) < 4.78 is 13.1. The van der Waals surface area contributed by atoms with Crippen LogP contribution in [0.1, 0.15) is 19.4 Å². The average Bonchev–Trinajstić information content (AvgIpc) is 2.24. The van der Waals surface area contributed by atoms with Gasteiger partial charge in [0.2, 0.25) is 0 Å². The van der Waals surface area contributed by atoms with E-state index in [0.717, 1.165) is 0 Å². The first-order valence-corrected chi connectivity index (χ1v) is 5.71. The lowest BCUT2D eigenvalue weighted by molar-refractivity contribution is 0.210. The second-order valence-electron chi connectivity index (χ2n) is 4.13. The predicted octanol–water partition coefficient (Wildman–Crippen LogP) is 2.59. The molecule has 4 heteroatoms. The van der Waals surface area contributed by atoms with E-state index in [1.54, 1.807) is 12.1 Å². The molecule has 0 aliphatic rings. The van der Waals surface area contributed by atoms with E-state index in [4.69, 9.17) is 16.7 Å². The number of hydrogen-bond acceptors (Lipinski definition) is 2. The summed E-state index contributed by atoms with van der Waals surface area (Å²) in [7, 11) is 0. The van der Waals surface area contributed by atoms with Gasteiger partial charge in [-0.1, -0.05) is 37.6 Å². The minimum atomic E-state index is -0.411. The molecule has 0 heterocycles. The Morgan fingerprint density at radius 1 is 1.44 bits per heavy atom. The Morgan fingerprint density at radius 3 is 2.69 bits per heavy atom. The van der Waals surface area contributed by atoms with Crippen LogP contribution in [0.2, 0.25) is 5.02 Å². The van der Waals surface area contributed by atoms with E-state index in [1.165, 1.54) is 6.07 Å². The van der Waals surface area contributed by atoms with Gasteiger partial charge < -0.3 is 10.4 Å². The van der Waals surface area contributed by atoms with E-state index in [-0.39, 0.29) is 17.7 Å². The summed E-state index contributed by atoms with van der Waals surface area (Å²) in [6.45, 7) is 4.55. The third-order valence-electron chi connectivity index (χ3n) is 2.59. The smallest absolute Gasteiger partial charge is 0.142 e. The number of aliphatic hydroxyl groups excluding tert-OH is 1. The van der Waals surface area contributed by atoms with Crippen molar-refractivity contribution < 1.29 is 9.50 Å². The number of halogens is 2. The molecular weight excluding hydrogens is 229 g/mol. The molecule has 90 valence electrons. The van der Waals surface area contributed by atoms with Gasteiger partial charge in [0.15, 0.2) is 0 Å². The van der Waals surface area contributed by atoms with Crippen molar-refractivity contribution in [1.29, 1.82) is 0 Å². The van der Waals surface area contributed by atoms with Gasteiger partial charge in [-0.2, -0.15) is 0 Å². The summed E-state index contributed by atoms with van der Waals surface area (Å²) in [6.07, 6.45) is 0. The Kier molecular flexibility index (Phi) is 5.19. The summed E-state index contributed by atoms with van der Waals surface area (Å²) in [6, 6.07) is 4.73. The molecule has 0 bridgehead atoms. The minimum absolute atomic E-state index is 0.000617. The molecule has 0 fully saturated rings. The first kappa shape index (κ1) is 13.4. The van der Waals surface area contributed by atoms with Crippen molar-refractivity contribution in [3.05, 3.63) is 34.6 Å². The van der Waals surface area contributed by atoms with E-state index in [2.05, 4.69) is 5.32 Å². The van der Waals surface area contributed by atoms with Crippen LogP contribution in [-0.4, -0.2) is 17.8 Å². The molecule has 0 aliphatic heterocycles. The lowest BCUT2D eigenvalue weighted by Crippen LogP contribution is -2.36. The zero-order chi connectivity index (χ0) is 12.1. The van der Waals surface area contributed by atoms with Crippen LogP contribution in [0, 0.1) is 11.7 Å². The highest BCUT2D eigenvalue weighted by Gasteiger charge is 2.12. The van der Waals surface area contributed by atoms with Crippen LogP contribution in [-0.2, 0) is 6.54 Å². The predicted molar refractivity (Wildman–Crippen MR) is 64.0 cm³/mol. The van der Waals surface area contributed by atoms with Crippen molar-refractivity contribution in [3.63, 3.8) is 0 Å². The first-order valence-electron chi connectivity index (χ1n) is 5.33. The molecule has 1 rings (SSSR count). The molecule has 1 aromatic rings. The molecule has 2 N–H and O–H groups in total. The van der Waals surface area contributed by atoms with Gasteiger partial charge in [-0.15, -0.1) is 0 Å². The zero-order valence-electron chi connectivity index (χ0n) is 9.50. The molecule has 0 aliphatic carbocycles.